The second-order valence-corrected chi connectivity index (χ2v) is 14.5. The Kier molecular flexibility index (Phi) is 8.40. The van der Waals surface area contributed by atoms with Crippen molar-refractivity contribution in [3.8, 4) is 5.75 Å². The molecule has 0 bridgehead atoms. The van der Waals surface area contributed by atoms with Gasteiger partial charge in [-0.1, -0.05) is 12.1 Å². The molecule has 4 aliphatic rings. The quantitative estimate of drug-likeness (QED) is 0.179. The van der Waals surface area contributed by atoms with Gasteiger partial charge in [0.05, 0.1) is 5.69 Å². The molecule has 4 aromatic carbocycles. The van der Waals surface area contributed by atoms with Crippen LogP contribution in [0.25, 0.3) is 21.5 Å². The number of halogens is 1. The van der Waals surface area contributed by atoms with Crippen LogP contribution in [-0.4, -0.2) is 71.2 Å². The molecule has 52 heavy (non-hydrogen) atoms. The zero-order valence-corrected chi connectivity index (χ0v) is 28.6. The number of carbonyl (C=O) groups is 5. The van der Waals surface area contributed by atoms with Crippen LogP contribution in [0, 0.1) is 11.7 Å². The Labute approximate surface area is 299 Å². The van der Waals surface area contributed by atoms with Crippen molar-refractivity contribution in [2.45, 2.75) is 38.1 Å². The summed E-state index contributed by atoms with van der Waals surface area (Å²) in [6.45, 7) is 1.68. The van der Waals surface area contributed by atoms with Gasteiger partial charge in [-0.25, -0.2) is 13.4 Å². The number of piperidine rings is 2. The van der Waals surface area contributed by atoms with E-state index in [1.807, 2.05) is 24.3 Å². The molecular formula is C36H34FN7O7S. The summed E-state index contributed by atoms with van der Waals surface area (Å²) in [5.74, 6) is -2.50. The number of phenols is 1. The van der Waals surface area contributed by atoms with Crippen LogP contribution in [0.1, 0.15) is 42.5 Å². The SMILES string of the molecule is O=C1CCC(N2C(=O)c3cccc4c(N5CCC(CCNC(=O)Nc6ccc7c(F)c(N8CC(=O)NS8=O)c(O)cc7c6)CC5)ccc2c34)C(=O)N1. The van der Waals surface area contributed by atoms with Crippen molar-refractivity contribution >= 4 is 85.1 Å². The third kappa shape index (κ3) is 5.81. The highest BCUT2D eigenvalue weighted by Crippen LogP contribution is 2.44. The van der Waals surface area contributed by atoms with Gasteiger partial charge in [0.25, 0.3) is 11.8 Å². The van der Waals surface area contributed by atoms with Crippen LogP contribution in [0.2, 0.25) is 0 Å². The largest absolute Gasteiger partial charge is 0.506 e. The number of urea groups is 1. The van der Waals surface area contributed by atoms with E-state index in [1.54, 1.807) is 6.07 Å². The van der Waals surface area contributed by atoms with E-state index in [9.17, 15) is 33.3 Å². The van der Waals surface area contributed by atoms with Crippen LogP contribution in [0.3, 0.4) is 0 Å². The molecule has 2 atom stereocenters. The topological polar surface area (TPSA) is 180 Å². The fourth-order valence-electron chi connectivity index (χ4n) is 7.72. The highest BCUT2D eigenvalue weighted by atomic mass is 32.2. The lowest BCUT2D eigenvalue weighted by atomic mass is 9.92. The molecule has 5 N–H and O–H groups in total. The van der Waals surface area contributed by atoms with Gasteiger partial charge >= 0.3 is 6.03 Å². The molecule has 6 amide bonds. The summed E-state index contributed by atoms with van der Waals surface area (Å²) in [5, 5.41) is 20.7. The minimum Gasteiger partial charge on any atom is -0.506 e. The molecule has 4 heterocycles. The first-order valence-corrected chi connectivity index (χ1v) is 18.1. The Morgan fingerprint density at radius 1 is 0.962 bits per heavy atom. The van der Waals surface area contributed by atoms with Crippen molar-refractivity contribution in [3.05, 3.63) is 66.0 Å². The lowest BCUT2D eigenvalue weighted by Crippen LogP contribution is -2.53. The molecule has 3 fully saturated rings. The van der Waals surface area contributed by atoms with E-state index in [1.165, 1.54) is 29.2 Å². The second kappa shape index (κ2) is 13.1. The maximum atomic E-state index is 15.3. The van der Waals surface area contributed by atoms with Crippen LogP contribution in [0.15, 0.2) is 54.6 Å². The van der Waals surface area contributed by atoms with Gasteiger partial charge in [0.1, 0.15) is 24.0 Å². The van der Waals surface area contributed by atoms with E-state index >= 15 is 4.39 Å². The van der Waals surface area contributed by atoms with E-state index in [-0.39, 0.29) is 42.3 Å². The van der Waals surface area contributed by atoms with Crippen LogP contribution in [0.5, 0.6) is 5.75 Å². The smallest absolute Gasteiger partial charge is 0.319 e. The molecule has 16 heteroatoms. The van der Waals surface area contributed by atoms with Crippen molar-refractivity contribution in [2.75, 3.05) is 45.6 Å². The monoisotopic (exact) mass is 727 g/mol. The average Bonchev–Trinajstić information content (AvgIpc) is 3.60. The normalized spacial score (nSPS) is 20.5. The molecular weight excluding hydrogens is 694 g/mol. The van der Waals surface area contributed by atoms with Gasteiger partial charge in [0.2, 0.25) is 23.0 Å². The summed E-state index contributed by atoms with van der Waals surface area (Å²) in [6, 6.07) is 14.2. The Bertz CT molecular complexity index is 2240. The summed E-state index contributed by atoms with van der Waals surface area (Å²) in [7, 11) is 0. The van der Waals surface area contributed by atoms with Crippen LogP contribution in [-0.2, 0) is 25.6 Å². The number of amides is 6. The summed E-state index contributed by atoms with van der Waals surface area (Å²) in [4.78, 5) is 66.1. The minimum atomic E-state index is -2.01. The number of imide groups is 1. The zero-order valence-electron chi connectivity index (χ0n) is 27.7. The maximum Gasteiger partial charge on any atom is 0.319 e. The Hall–Kier alpha value is -5.77. The Balaban J connectivity index is 0.865. The number of benzene rings is 4. The van der Waals surface area contributed by atoms with Crippen LogP contribution in [0.4, 0.5) is 31.9 Å². The number of nitrogens with one attached hydrogen (secondary N) is 4. The van der Waals surface area contributed by atoms with Gasteiger partial charge in [0, 0.05) is 59.2 Å². The number of nitrogens with zero attached hydrogens (tertiary/aromatic N) is 3. The summed E-state index contributed by atoms with van der Waals surface area (Å²) >= 11 is -2.01. The van der Waals surface area contributed by atoms with Crippen molar-refractivity contribution in [1.29, 1.82) is 0 Å². The molecule has 3 saturated heterocycles. The summed E-state index contributed by atoms with van der Waals surface area (Å²) in [5.41, 5.74) is 2.30. The highest BCUT2D eigenvalue weighted by Gasteiger charge is 2.41. The molecule has 4 aliphatic heterocycles. The number of rotatable bonds is 7. The highest BCUT2D eigenvalue weighted by molar-refractivity contribution is 7.85. The summed E-state index contributed by atoms with van der Waals surface area (Å²) in [6.07, 6.45) is 3.05. The second-order valence-electron chi connectivity index (χ2n) is 13.4. The van der Waals surface area contributed by atoms with Gasteiger partial charge in [-0.2, -0.15) is 0 Å². The first-order chi connectivity index (χ1) is 25.1. The van der Waals surface area contributed by atoms with Gasteiger partial charge in [-0.15, -0.1) is 0 Å². The fraction of sp³-hybridized carbons (Fsp3) is 0.306. The number of anilines is 4. The Morgan fingerprint density at radius 2 is 1.75 bits per heavy atom. The fourth-order valence-corrected chi connectivity index (χ4v) is 8.66. The predicted molar refractivity (Wildman–Crippen MR) is 193 cm³/mol. The van der Waals surface area contributed by atoms with Crippen molar-refractivity contribution in [1.82, 2.24) is 15.4 Å². The van der Waals surface area contributed by atoms with Crippen molar-refractivity contribution in [3.63, 3.8) is 0 Å². The number of hydrogen-bond acceptors (Lipinski definition) is 8. The third-order valence-electron chi connectivity index (χ3n) is 10.2. The molecule has 14 nitrogen and oxygen atoms in total. The third-order valence-corrected chi connectivity index (χ3v) is 11.4. The maximum absolute atomic E-state index is 15.3. The molecule has 0 aliphatic carbocycles. The number of carbonyl (C=O) groups excluding carboxylic acids is 5. The number of hydrogen-bond donors (Lipinski definition) is 5. The molecule has 0 saturated carbocycles. The molecule has 0 spiro atoms. The summed E-state index contributed by atoms with van der Waals surface area (Å²) < 4.78 is 30.6. The van der Waals surface area contributed by atoms with E-state index in [2.05, 4.69) is 25.6 Å². The molecule has 2 unspecified atom stereocenters. The van der Waals surface area contributed by atoms with E-state index < -0.39 is 46.6 Å². The molecule has 8 rings (SSSR count). The lowest BCUT2D eigenvalue weighted by molar-refractivity contribution is -0.134. The van der Waals surface area contributed by atoms with Crippen LogP contribution < -0.4 is 34.8 Å². The van der Waals surface area contributed by atoms with E-state index in [0.717, 1.165) is 53.1 Å². The first kappa shape index (κ1) is 33.4. The predicted octanol–water partition coefficient (Wildman–Crippen LogP) is 3.55. The number of aromatic hydroxyl groups is 1. The van der Waals surface area contributed by atoms with Crippen LogP contribution >= 0.6 is 0 Å². The van der Waals surface area contributed by atoms with Gasteiger partial charge in [-0.3, -0.25) is 38.4 Å². The zero-order chi connectivity index (χ0) is 36.3. The molecule has 0 radical (unpaired) electrons. The van der Waals surface area contributed by atoms with Crippen molar-refractivity contribution < 1.29 is 37.7 Å². The standard InChI is InChI=1S/C36H34FN7O7S/c37-32-22-5-4-21(16-20(22)17-28(45)33(32)43-18-30(47)41-52(43)51)39-36(50)38-13-10-19-11-14-42(15-12-19)25-6-7-26-31-23(25)2-1-3-24(31)35(49)44(26)27-8-9-29(46)40-34(27)48/h1-7,16-17,19,27,45H,8-15,18H2,(H,41,47)(H2,38,39,50)(H,40,46,48). The molecule has 4 aromatic rings. The van der Waals surface area contributed by atoms with Crippen molar-refractivity contribution in [2.24, 2.45) is 5.92 Å². The molecule has 268 valence electrons. The minimum absolute atomic E-state index is 0.126. The van der Waals surface area contributed by atoms with Gasteiger partial charge < -0.3 is 20.6 Å². The average molecular weight is 728 g/mol. The van der Waals surface area contributed by atoms with E-state index in [0.29, 0.717) is 34.8 Å². The number of phenolic OH excluding ortho intramolecular Hbond substituents is 1. The van der Waals surface area contributed by atoms with Gasteiger partial charge in [0.15, 0.2) is 5.82 Å². The Morgan fingerprint density at radius 3 is 2.50 bits per heavy atom. The molecule has 0 aromatic heterocycles. The van der Waals surface area contributed by atoms with Gasteiger partial charge in [-0.05, 0) is 79.5 Å². The first-order valence-electron chi connectivity index (χ1n) is 17.0. The van der Waals surface area contributed by atoms with E-state index in [4.69, 9.17) is 0 Å². The lowest BCUT2D eigenvalue weighted by Gasteiger charge is -2.35. The number of fused-ring (bicyclic) bond motifs is 1.